The fourth-order valence-corrected chi connectivity index (χ4v) is 3.96. The zero-order valence-corrected chi connectivity index (χ0v) is 11.6. The highest BCUT2D eigenvalue weighted by Crippen LogP contribution is 2.50. The molecule has 1 aromatic rings. The van der Waals surface area contributed by atoms with E-state index in [2.05, 4.69) is 24.3 Å². The van der Waals surface area contributed by atoms with Crippen molar-refractivity contribution in [3.63, 3.8) is 0 Å². The fraction of sp³-hybridized carbons (Fsp3) is 0.600. The third-order valence-corrected chi connectivity index (χ3v) is 4.95. The van der Waals surface area contributed by atoms with Gasteiger partial charge in [-0.2, -0.15) is 10.4 Å². The number of rotatable bonds is 0. The van der Waals surface area contributed by atoms with Gasteiger partial charge in [-0.3, -0.25) is 4.68 Å². The number of aryl methyl sites for hydroxylation is 2. The van der Waals surface area contributed by atoms with Crippen molar-refractivity contribution in [2.24, 2.45) is 18.9 Å². The third kappa shape index (κ3) is 1.58. The van der Waals surface area contributed by atoms with E-state index < -0.39 is 6.10 Å². The van der Waals surface area contributed by atoms with Gasteiger partial charge in [-0.25, -0.2) is 0 Å². The Hall–Kier alpha value is -1.60. The van der Waals surface area contributed by atoms with Crippen LogP contribution in [0.15, 0.2) is 17.8 Å². The molecule has 0 bridgehead atoms. The molecular weight excluding hydrogens is 238 g/mol. The van der Waals surface area contributed by atoms with Gasteiger partial charge in [0.1, 0.15) is 0 Å². The van der Waals surface area contributed by atoms with Crippen LogP contribution in [0.1, 0.15) is 31.5 Å². The number of fused-ring (bicyclic) bond motifs is 3. The Morgan fingerprint density at radius 3 is 3.00 bits per heavy atom. The van der Waals surface area contributed by atoms with Crippen LogP contribution in [0.3, 0.4) is 0 Å². The molecule has 2 aliphatic carbocycles. The molecule has 0 amide bonds. The SMILES string of the molecule is C[C@@H]1C(O)C(C#N)=C[C@]2(C)c3nn(C)cc3CC[C@@H]12. The number of aliphatic hydroxyl groups is 1. The zero-order chi connectivity index (χ0) is 13.8. The number of nitriles is 1. The largest absolute Gasteiger partial charge is 0.387 e. The van der Waals surface area contributed by atoms with Gasteiger partial charge in [-0.05, 0) is 30.2 Å². The van der Waals surface area contributed by atoms with Gasteiger partial charge in [0.15, 0.2) is 0 Å². The Labute approximate surface area is 113 Å². The van der Waals surface area contributed by atoms with Gasteiger partial charge in [-0.15, -0.1) is 0 Å². The lowest BCUT2D eigenvalue weighted by atomic mass is 9.58. The Morgan fingerprint density at radius 1 is 1.58 bits per heavy atom. The maximum Gasteiger partial charge on any atom is 0.0971 e. The van der Waals surface area contributed by atoms with E-state index in [-0.39, 0.29) is 11.3 Å². The van der Waals surface area contributed by atoms with E-state index in [4.69, 9.17) is 0 Å². The van der Waals surface area contributed by atoms with E-state index in [0.717, 1.165) is 18.5 Å². The first-order chi connectivity index (χ1) is 8.97. The minimum atomic E-state index is -0.631. The molecule has 0 fully saturated rings. The summed E-state index contributed by atoms with van der Waals surface area (Å²) >= 11 is 0. The lowest BCUT2D eigenvalue weighted by Crippen LogP contribution is -2.47. The Bertz CT molecular complexity index is 595. The first-order valence-corrected chi connectivity index (χ1v) is 6.81. The highest BCUT2D eigenvalue weighted by Gasteiger charge is 2.49. The molecule has 19 heavy (non-hydrogen) atoms. The van der Waals surface area contributed by atoms with Crippen LogP contribution in [-0.2, 0) is 18.9 Å². The van der Waals surface area contributed by atoms with Crippen LogP contribution in [0.2, 0.25) is 0 Å². The Balaban J connectivity index is 2.20. The molecule has 0 saturated heterocycles. The quantitative estimate of drug-likeness (QED) is 0.769. The molecule has 4 heteroatoms. The van der Waals surface area contributed by atoms with Gasteiger partial charge in [0.25, 0.3) is 0 Å². The summed E-state index contributed by atoms with van der Waals surface area (Å²) in [5.41, 5.74) is 2.62. The van der Waals surface area contributed by atoms with Crippen LogP contribution in [-0.4, -0.2) is 21.0 Å². The van der Waals surface area contributed by atoms with Crippen LogP contribution in [0.5, 0.6) is 0 Å². The van der Waals surface area contributed by atoms with Crippen molar-refractivity contribution in [2.45, 2.75) is 38.2 Å². The van der Waals surface area contributed by atoms with Crippen LogP contribution >= 0.6 is 0 Å². The van der Waals surface area contributed by atoms with Crippen molar-refractivity contribution in [1.82, 2.24) is 9.78 Å². The van der Waals surface area contributed by atoms with E-state index in [1.54, 1.807) is 0 Å². The van der Waals surface area contributed by atoms with Gasteiger partial charge < -0.3 is 5.11 Å². The fourth-order valence-electron chi connectivity index (χ4n) is 3.96. The molecule has 0 aromatic carbocycles. The zero-order valence-electron chi connectivity index (χ0n) is 11.6. The van der Waals surface area contributed by atoms with E-state index in [9.17, 15) is 10.4 Å². The number of aromatic nitrogens is 2. The number of hydrogen-bond acceptors (Lipinski definition) is 3. The second-order valence-electron chi connectivity index (χ2n) is 6.12. The van der Waals surface area contributed by atoms with E-state index >= 15 is 0 Å². The molecule has 0 saturated carbocycles. The molecule has 0 spiro atoms. The highest BCUT2D eigenvalue weighted by molar-refractivity contribution is 5.43. The number of allylic oxidation sites excluding steroid dienone is 1. The summed E-state index contributed by atoms with van der Waals surface area (Å²) in [6.07, 6.45) is 5.45. The summed E-state index contributed by atoms with van der Waals surface area (Å²) < 4.78 is 1.86. The molecule has 4 atom stereocenters. The predicted molar refractivity (Wildman–Crippen MR) is 71.2 cm³/mol. The summed E-state index contributed by atoms with van der Waals surface area (Å²) in [5.74, 6) is 0.446. The van der Waals surface area contributed by atoms with Gasteiger partial charge >= 0.3 is 0 Å². The van der Waals surface area contributed by atoms with Crippen molar-refractivity contribution in [3.05, 3.63) is 29.1 Å². The normalized spacial score (nSPS) is 37.0. The molecule has 4 nitrogen and oxygen atoms in total. The van der Waals surface area contributed by atoms with E-state index in [0.29, 0.717) is 11.5 Å². The minimum Gasteiger partial charge on any atom is -0.387 e. The van der Waals surface area contributed by atoms with Gasteiger partial charge in [0.2, 0.25) is 0 Å². The summed E-state index contributed by atoms with van der Waals surface area (Å²) in [6, 6.07) is 2.16. The first kappa shape index (κ1) is 12.4. The van der Waals surface area contributed by atoms with E-state index in [1.165, 1.54) is 5.56 Å². The molecule has 1 aromatic heterocycles. The highest BCUT2D eigenvalue weighted by atomic mass is 16.3. The lowest BCUT2D eigenvalue weighted by molar-refractivity contribution is 0.0670. The van der Waals surface area contributed by atoms with Crippen molar-refractivity contribution < 1.29 is 5.11 Å². The van der Waals surface area contributed by atoms with Crippen molar-refractivity contribution in [1.29, 1.82) is 5.26 Å². The summed E-state index contributed by atoms with van der Waals surface area (Å²) in [7, 11) is 1.94. The lowest BCUT2D eigenvalue weighted by Gasteiger charge is -2.46. The molecule has 0 radical (unpaired) electrons. The van der Waals surface area contributed by atoms with Crippen molar-refractivity contribution in [2.75, 3.05) is 0 Å². The maximum absolute atomic E-state index is 10.2. The molecule has 2 aliphatic rings. The summed E-state index contributed by atoms with van der Waals surface area (Å²) in [5, 5.41) is 24.1. The predicted octanol–water partition coefficient (Wildman–Crippen LogP) is 1.70. The summed E-state index contributed by atoms with van der Waals surface area (Å²) in [6.45, 7) is 4.20. The van der Waals surface area contributed by atoms with Crippen molar-refractivity contribution >= 4 is 0 Å². The molecular formula is C15H19N3O. The average Bonchev–Trinajstić information content (AvgIpc) is 2.76. The van der Waals surface area contributed by atoms with Crippen LogP contribution in [0.4, 0.5) is 0 Å². The first-order valence-electron chi connectivity index (χ1n) is 6.81. The maximum atomic E-state index is 10.2. The molecule has 1 N–H and O–H groups in total. The number of nitrogens with zero attached hydrogens (tertiary/aromatic N) is 3. The number of hydrogen-bond donors (Lipinski definition) is 1. The van der Waals surface area contributed by atoms with Gasteiger partial charge in [-0.1, -0.05) is 19.9 Å². The second kappa shape index (κ2) is 3.94. The van der Waals surface area contributed by atoms with Crippen LogP contribution in [0.25, 0.3) is 0 Å². The second-order valence-corrected chi connectivity index (χ2v) is 6.12. The minimum absolute atomic E-state index is 0.0970. The number of aliphatic hydroxyl groups excluding tert-OH is 1. The summed E-state index contributed by atoms with van der Waals surface area (Å²) in [4.78, 5) is 0. The van der Waals surface area contributed by atoms with Crippen LogP contribution in [0, 0.1) is 23.2 Å². The molecule has 100 valence electrons. The third-order valence-electron chi connectivity index (χ3n) is 4.95. The van der Waals surface area contributed by atoms with Crippen molar-refractivity contribution in [3.8, 4) is 6.07 Å². The Kier molecular flexibility index (Phi) is 2.58. The Morgan fingerprint density at radius 2 is 2.32 bits per heavy atom. The average molecular weight is 257 g/mol. The van der Waals surface area contributed by atoms with E-state index in [1.807, 2.05) is 24.7 Å². The van der Waals surface area contributed by atoms with Gasteiger partial charge in [0, 0.05) is 18.7 Å². The molecule has 1 unspecified atom stereocenters. The van der Waals surface area contributed by atoms with Crippen LogP contribution < -0.4 is 0 Å². The standard InChI is InChI=1S/C15H19N3O/c1-9-12-5-4-10-8-18(3)17-14(10)15(12,2)6-11(7-16)13(9)19/h6,8-9,12-13,19H,4-5H2,1-3H3/t9-,12-,13?,15-/m0/s1. The molecule has 0 aliphatic heterocycles. The monoisotopic (exact) mass is 257 g/mol. The van der Waals surface area contributed by atoms with Gasteiger partial charge in [0.05, 0.1) is 23.4 Å². The molecule has 3 rings (SSSR count). The smallest absolute Gasteiger partial charge is 0.0971 e. The topological polar surface area (TPSA) is 61.8 Å². The molecule has 1 heterocycles.